The van der Waals surface area contributed by atoms with E-state index in [1.807, 2.05) is 0 Å². The Hall–Kier alpha value is -3.41. The maximum atomic E-state index is 12.8. The summed E-state index contributed by atoms with van der Waals surface area (Å²) in [4.78, 5) is 38.0. The summed E-state index contributed by atoms with van der Waals surface area (Å²) in [6.07, 6.45) is 65.6. The van der Waals surface area contributed by atoms with Crippen molar-refractivity contribution in [3.05, 3.63) is 85.1 Å². The number of hydrogen-bond donors (Lipinski definition) is 0. The molecule has 0 rings (SSSR count). The van der Waals surface area contributed by atoms with E-state index in [0.29, 0.717) is 19.3 Å². The third kappa shape index (κ3) is 49.5. The molecule has 0 saturated heterocycles. The summed E-state index contributed by atoms with van der Waals surface area (Å²) in [6, 6.07) is 0. The van der Waals surface area contributed by atoms with Crippen LogP contribution in [-0.2, 0) is 28.6 Å². The summed E-state index contributed by atoms with van der Waals surface area (Å²) < 4.78 is 16.7. The molecular formula is C57H96O6. The van der Waals surface area contributed by atoms with Crippen molar-refractivity contribution in [3.63, 3.8) is 0 Å². The predicted octanol–water partition coefficient (Wildman–Crippen LogP) is 17.2. The van der Waals surface area contributed by atoms with Crippen molar-refractivity contribution in [2.24, 2.45) is 0 Å². The van der Waals surface area contributed by atoms with E-state index in [0.717, 1.165) is 116 Å². The Bertz CT molecular complexity index is 1170. The fourth-order valence-corrected chi connectivity index (χ4v) is 6.86. The highest BCUT2D eigenvalue weighted by Crippen LogP contribution is 2.12. The first-order chi connectivity index (χ1) is 31.0. The fourth-order valence-electron chi connectivity index (χ4n) is 6.86. The van der Waals surface area contributed by atoms with Crippen molar-refractivity contribution in [2.75, 3.05) is 13.2 Å². The van der Waals surface area contributed by atoms with Crippen LogP contribution in [0.4, 0.5) is 0 Å². The summed E-state index contributed by atoms with van der Waals surface area (Å²) in [5, 5.41) is 0. The molecule has 0 aromatic carbocycles. The summed E-state index contributed by atoms with van der Waals surface area (Å²) in [5.41, 5.74) is 0. The van der Waals surface area contributed by atoms with Gasteiger partial charge in [0.25, 0.3) is 0 Å². The Morgan fingerprint density at radius 1 is 0.317 bits per heavy atom. The van der Waals surface area contributed by atoms with Crippen LogP contribution in [0.25, 0.3) is 0 Å². The molecule has 0 aromatic heterocycles. The van der Waals surface area contributed by atoms with Crippen LogP contribution in [0, 0.1) is 0 Å². The van der Waals surface area contributed by atoms with Crippen LogP contribution in [0.5, 0.6) is 0 Å². The number of ether oxygens (including phenoxy) is 3. The van der Waals surface area contributed by atoms with Crippen molar-refractivity contribution in [2.45, 2.75) is 245 Å². The Morgan fingerprint density at radius 3 is 0.921 bits per heavy atom. The van der Waals surface area contributed by atoms with Gasteiger partial charge in [-0.3, -0.25) is 14.4 Å². The van der Waals surface area contributed by atoms with Gasteiger partial charge in [0.05, 0.1) is 0 Å². The molecule has 6 nitrogen and oxygen atoms in total. The molecule has 0 radical (unpaired) electrons. The lowest BCUT2D eigenvalue weighted by Crippen LogP contribution is -2.30. The minimum Gasteiger partial charge on any atom is -0.462 e. The van der Waals surface area contributed by atoms with Crippen molar-refractivity contribution < 1.29 is 28.6 Å². The standard InChI is InChI=1S/C57H96O6/c1-4-7-10-13-16-19-22-25-28-31-34-37-40-43-46-49-55(58)61-52-54(63-57(60)51-48-45-42-39-36-33-30-27-24-21-18-15-12-9-6-3)53-62-56(59)50-47-44-41-38-35-32-29-26-23-20-17-14-11-8-5-2/h16-21,25-30,36,39,54H,4-15,22-24,31-35,37-38,40-53H2,1-3H3. The first-order valence-electron chi connectivity index (χ1n) is 26.1. The number of esters is 3. The average Bonchev–Trinajstić information content (AvgIpc) is 3.28. The van der Waals surface area contributed by atoms with E-state index in [-0.39, 0.29) is 37.5 Å². The molecule has 0 aliphatic carbocycles. The molecule has 0 unspecified atom stereocenters. The minimum absolute atomic E-state index is 0.104. The topological polar surface area (TPSA) is 78.9 Å². The van der Waals surface area contributed by atoms with Crippen LogP contribution in [0.15, 0.2) is 85.1 Å². The van der Waals surface area contributed by atoms with Gasteiger partial charge in [-0.2, -0.15) is 0 Å². The Balaban J connectivity index is 4.50. The zero-order chi connectivity index (χ0) is 45.8. The predicted molar refractivity (Wildman–Crippen MR) is 270 cm³/mol. The first-order valence-corrected chi connectivity index (χ1v) is 26.1. The van der Waals surface area contributed by atoms with E-state index in [9.17, 15) is 14.4 Å². The zero-order valence-electron chi connectivity index (χ0n) is 41.1. The first kappa shape index (κ1) is 59.6. The van der Waals surface area contributed by atoms with Crippen LogP contribution in [-0.4, -0.2) is 37.2 Å². The number of carbonyl (C=O) groups is 3. The molecule has 0 aromatic rings. The van der Waals surface area contributed by atoms with E-state index in [4.69, 9.17) is 14.2 Å². The highest BCUT2D eigenvalue weighted by atomic mass is 16.6. The van der Waals surface area contributed by atoms with Crippen LogP contribution >= 0.6 is 0 Å². The molecule has 0 spiro atoms. The van der Waals surface area contributed by atoms with Gasteiger partial charge in [0.15, 0.2) is 6.10 Å². The molecule has 0 fully saturated rings. The molecule has 0 bridgehead atoms. The molecule has 0 amide bonds. The van der Waals surface area contributed by atoms with Crippen LogP contribution < -0.4 is 0 Å². The van der Waals surface area contributed by atoms with Crippen LogP contribution in [0.3, 0.4) is 0 Å². The van der Waals surface area contributed by atoms with Gasteiger partial charge in [0.1, 0.15) is 13.2 Å². The highest BCUT2D eigenvalue weighted by molar-refractivity contribution is 5.71. The van der Waals surface area contributed by atoms with Crippen LogP contribution in [0.1, 0.15) is 239 Å². The SMILES string of the molecule is CCCCCC=CCC=CCC=CCCCCC(=O)OC(COC(=O)CCCCCCCC=CCC=CCCCCC)COC(=O)CCCCCCCC=CCC=CCCCCC. The average molecular weight is 877 g/mol. The lowest BCUT2D eigenvalue weighted by molar-refractivity contribution is -0.167. The smallest absolute Gasteiger partial charge is 0.306 e. The van der Waals surface area contributed by atoms with Gasteiger partial charge >= 0.3 is 17.9 Å². The Morgan fingerprint density at radius 2 is 0.571 bits per heavy atom. The van der Waals surface area contributed by atoms with E-state index in [2.05, 4.69) is 106 Å². The van der Waals surface area contributed by atoms with E-state index < -0.39 is 6.10 Å². The van der Waals surface area contributed by atoms with E-state index >= 15 is 0 Å². The summed E-state index contributed by atoms with van der Waals surface area (Å²) in [5.74, 6) is -0.971. The van der Waals surface area contributed by atoms with Crippen LogP contribution in [0.2, 0.25) is 0 Å². The molecule has 0 atom stereocenters. The highest BCUT2D eigenvalue weighted by Gasteiger charge is 2.19. The van der Waals surface area contributed by atoms with Gasteiger partial charge in [-0.05, 0) is 122 Å². The summed E-state index contributed by atoms with van der Waals surface area (Å²) in [7, 11) is 0. The minimum atomic E-state index is -0.808. The monoisotopic (exact) mass is 877 g/mol. The number of unbranched alkanes of at least 4 members (excludes halogenated alkanes) is 21. The second kappa shape index (κ2) is 51.2. The normalized spacial score (nSPS) is 12.7. The van der Waals surface area contributed by atoms with Gasteiger partial charge in [-0.25, -0.2) is 0 Å². The molecule has 0 aliphatic rings. The lowest BCUT2D eigenvalue weighted by atomic mass is 10.1. The molecule has 63 heavy (non-hydrogen) atoms. The van der Waals surface area contributed by atoms with Gasteiger partial charge in [0, 0.05) is 19.3 Å². The van der Waals surface area contributed by atoms with Gasteiger partial charge < -0.3 is 14.2 Å². The molecule has 0 aliphatic heterocycles. The van der Waals surface area contributed by atoms with Gasteiger partial charge in [-0.1, -0.05) is 183 Å². The Labute approximate surface area is 388 Å². The largest absolute Gasteiger partial charge is 0.462 e. The van der Waals surface area contributed by atoms with E-state index in [1.54, 1.807) is 0 Å². The third-order valence-corrected chi connectivity index (χ3v) is 10.8. The van der Waals surface area contributed by atoms with E-state index in [1.165, 1.54) is 77.0 Å². The van der Waals surface area contributed by atoms with Crippen molar-refractivity contribution in [3.8, 4) is 0 Å². The molecular weight excluding hydrogens is 781 g/mol. The van der Waals surface area contributed by atoms with Gasteiger partial charge in [0.2, 0.25) is 0 Å². The second-order valence-electron chi connectivity index (χ2n) is 17.1. The zero-order valence-corrected chi connectivity index (χ0v) is 41.1. The lowest BCUT2D eigenvalue weighted by Gasteiger charge is -2.18. The summed E-state index contributed by atoms with van der Waals surface area (Å²) >= 11 is 0. The van der Waals surface area contributed by atoms with Gasteiger partial charge in [-0.15, -0.1) is 0 Å². The maximum Gasteiger partial charge on any atom is 0.306 e. The van der Waals surface area contributed by atoms with Crippen molar-refractivity contribution in [1.29, 1.82) is 0 Å². The Kier molecular flexibility index (Phi) is 48.5. The number of allylic oxidation sites excluding steroid dienone is 14. The summed E-state index contributed by atoms with van der Waals surface area (Å²) in [6.45, 7) is 6.49. The number of rotatable bonds is 46. The second-order valence-corrected chi connectivity index (χ2v) is 17.1. The fraction of sp³-hybridized carbons (Fsp3) is 0.702. The maximum absolute atomic E-state index is 12.8. The number of hydrogen-bond acceptors (Lipinski definition) is 6. The molecule has 0 heterocycles. The third-order valence-electron chi connectivity index (χ3n) is 10.8. The quantitative estimate of drug-likeness (QED) is 0.0262. The number of carbonyl (C=O) groups excluding carboxylic acids is 3. The van der Waals surface area contributed by atoms with Crippen molar-refractivity contribution in [1.82, 2.24) is 0 Å². The molecule has 6 heteroatoms. The van der Waals surface area contributed by atoms with Crippen molar-refractivity contribution >= 4 is 17.9 Å². The molecule has 0 saturated carbocycles. The molecule has 360 valence electrons. The molecule has 0 N–H and O–H groups in total.